The van der Waals surface area contributed by atoms with Crippen molar-refractivity contribution < 1.29 is 22.3 Å². The summed E-state index contributed by atoms with van der Waals surface area (Å²) in [4.78, 5) is 11.3. The van der Waals surface area contributed by atoms with E-state index in [0.717, 1.165) is 5.56 Å². The van der Waals surface area contributed by atoms with Crippen LogP contribution in [0.15, 0.2) is 52.5 Å². The molecule has 6 nitrogen and oxygen atoms in total. The Balaban J connectivity index is 2.42. The fourth-order valence-corrected chi connectivity index (χ4v) is 4.13. The Morgan fingerprint density at radius 2 is 1.81 bits per heavy atom. The molecular formula is C19H21FN2O4S. The number of halogens is 1. The molecule has 0 saturated heterocycles. The molecule has 0 aliphatic heterocycles. The maximum atomic E-state index is 13.2. The van der Waals surface area contributed by atoms with Gasteiger partial charge in [0.15, 0.2) is 5.04 Å². The summed E-state index contributed by atoms with van der Waals surface area (Å²) in [6.07, 6.45) is 0.300. The average Bonchev–Trinajstić information content (AvgIpc) is 2.65. The monoisotopic (exact) mass is 392 g/mol. The standard InChI is InChI=1S/C19H21FN2O4S/c1-13-6-11-17(16(12-13)14-7-9-15(20)10-8-14)27(24,25)18(22-21)4-3-5-19(23)26-2/h6-12H,3-5,21H2,1-2H3. The van der Waals surface area contributed by atoms with Crippen LogP contribution in [0.2, 0.25) is 0 Å². The number of carbonyl (C=O) groups is 1. The van der Waals surface area contributed by atoms with Gasteiger partial charge >= 0.3 is 5.97 Å². The number of ether oxygens (including phenoxy) is 1. The van der Waals surface area contributed by atoms with Crippen molar-refractivity contribution in [2.75, 3.05) is 7.11 Å². The van der Waals surface area contributed by atoms with Crippen LogP contribution in [0.1, 0.15) is 24.8 Å². The third-order valence-corrected chi connectivity index (χ3v) is 5.90. The number of methoxy groups -OCH3 is 1. The normalized spacial score (nSPS) is 12.0. The molecule has 2 rings (SSSR count). The fraction of sp³-hybridized carbons (Fsp3) is 0.263. The Morgan fingerprint density at radius 1 is 1.15 bits per heavy atom. The lowest BCUT2D eigenvalue weighted by Gasteiger charge is -2.13. The molecule has 0 radical (unpaired) electrons. The molecule has 0 aliphatic rings. The van der Waals surface area contributed by atoms with Gasteiger partial charge in [0.1, 0.15) is 5.82 Å². The zero-order valence-corrected chi connectivity index (χ0v) is 15.9. The number of carbonyl (C=O) groups excluding carboxylic acids is 1. The number of sulfone groups is 1. The van der Waals surface area contributed by atoms with Crippen LogP contribution in [0.25, 0.3) is 11.1 Å². The van der Waals surface area contributed by atoms with Crippen molar-refractivity contribution in [3.8, 4) is 11.1 Å². The molecule has 2 aromatic rings. The molecule has 0 fully saturated rings. The first-order chi connectivity index (χ1) is 12.8. The van der Waals surface area contributed by atoms with Crippen LogP contribution in [0, 0.1) is 12.7 Å². The highest BCUT2D eigenvalue weighted by atomic mass is 32.2. The predicted octanol–water partition coefficient (Wildman–Crippen LogP) is 3.19. The Morgan fingerprint density at radius 3 is 2.41 bits per heavy atom. The van der Waals surface area contributed by atoms with Crippen LogP contribution < -0.4 is 5.84 Å². The SMILES string of the molecule is COC(=O)CCCC(=NN)S(=O)(=O)c1ccc(C)cc1-c1ccc(F)cc1. The lowest BCUT2D eigenvalue weighted by Crippen LogP contribution is -2.18. The highest BCUT2D eigenvalue weighted by molar-refractivity contribution is 8.06. The summed E-state index contributed by atoms with van der Waals surface area (Å²) in [6.45, 7) is 1.83. The minimum atomic E-state index is -3.98. The molecule has 0 bridgehead atoms. The van der Waals surface area contributed by atoms with E-state index in [2.05, 4.69) is 9.84 Å². The van der Waals surface area contributed by atoms with Gasteiger partial charge in [-0.25, -0.2) is 12.8 Å². The van der Waals surface area contributed by atoms with E-state index in [1.165, 1.54) is 37.4 Å². The number of nitrogens with two attached hydrogens (primary N) is 1. The number of nitrogens with zero attached hydrogens (tertiary/aromatic N) is 1. The Labute approximate surface area is 157 Å². The Kier molecular flexibility index (Phi) is 6.68. The van der Waals surface area contributed by atoms with Gasteiger partial charge in [0, 0.05) is 18.4 Å². The van der Waals surface area contributed by atoms with Gasteiger partial charge in [-0.2, -0.15) is 5.10 Å². The highest BCUT2D eigenvalue weighted by Crippen LogP contribution is 2.30. The number of rotatable bonds is 6. The summed E-state index contributed by atoms with van der Waals surface area (Å²) >= 11 is 0. The van der Waals surface area contributed by atoms with E-state index in [0.29, 0.717) is 11.1 Å². The van der Waals surface area contributed by atoms with E-state index >= 15 is 0 Å². The number of benzene rings is 2. The topological polar surface area (TPSA) is 98.8 Å². The molecule has 2 N–H and O–H groups in total. The van der Waals surface area contributed by atoms with Crippen LogP contribution in [-0.4, -0.2) is 26.5 Å². The maximum Gasteiger partial charge on any atom is 0.305 e. The van der Waals surface area contributed by atoms with E-state index in [9.17, 15) is 17.6 Å². The van der Waals surface area contributed by atoms with E-state index in [-0.39, 0.29) is 29.2 Å². The summed E-state index contributed by atoms with van der Waals surface area (Å²) in [5, 5.41) is 3.22. The smallest absolute Gasteiger partial charge is 0.305 e. The lowest BCUT2D eigenvalue weighted by molar-refractivity contribution is -0.140. The van der Waals surface area contributed by atoms with Gasteiger partial charge < -0.3 is 10.6 Å². The second-order valence-corrected chi connectivity index (χ2v) is 7.88. The van der Waals surface area contributed by atoms with Crippen molar-refractivity contribution in [1.29, 1.82) is 0 Å². The van der Waals surface area contributed by atoms with Crippen LogP contribution in [-0.2, 0) is 19.4 Å². The first kappa shape index (κ1) is 20.6. The maximum absolute atomic E-state index is 13.2. The van der Waals surface area contributed by atoms with Gasteiger partial charge in [-0.15, -0.1) is 0 Å². The number of hydrogen-bond acceptors (Lipinski definition) is 6. The second kappa shape index (κ2) is 8.77. The Bertz CT molecular complexity index is 954. The second-order valence-electron chi connectivity index (χ2n) is 5.96. The minimum Gasteiger partial charge on any atom is -0.469 e. The molecule has 144 valence electrons. The molecule has 0 atom stereocenters. The van der Waals surface area contributed by atoms with Crippen LogP contribution in [0.5, 0.6) is 0 Å². The largest absolute Gasteiger partial charge is 0.469 e. The molecule has 0 spiro atoms. The van der Waals surface area contributed by atoms with Crippen molar-refractivity contribution >= 4 is 20.9 Å². The lowest BCUT2D eigenvalue weighted by atomic mass is 10.0. The highest BCUT2D eigenvalue weighted by Gasteiger charge is 2.26. The first-order valence-electron chi connectivity index (χ1n) is 8.25. The quantitative estimate of drug-likeness (QED) is 0.268. The molecule has 0 heterocycles. The number of aryl methyl sites for hydroxylation is 1. The minimum absolute atomic E-state index is 0.00463. The first-order valence-corrected chi connectivity index (χ1v) is 9.73. The fourth-order valence-electron chi connectivity index (χ4n) is 2.61. The van der Waals surface area contributed by atoms with E-state index < -0.39 is 21.6 Å². The van der Waals surface area contributed by atoms with Crippen LogP contribution >= 0.6 is 0 Å². The third kappa shape index (κ3) is 4.91. The summed E-state index contributed by atoms with van der Waals surface area (Å²) in [5.74, 6) is 4.47. The van der Waals surface area contributed by atoms with Crippen LogP contribution in [0.4, 0.5) is 4.39 Å². The predicted molar refractivity (Wildman–Crippen MR) is 101 cm³/mol. The molecule has 0 aliphatic carbocycles. The zero-order valence-electron chi connectivity index (χ0n) is 15.1. The molecule has 0 unspecified atom stereocenters. The molecule has 0 aromatic heterocycles. The number of hydrogen-bond donors (Lipinski definition) is 1. The van der Waals surface area contributed by atoms with Gasteiger partial charge in [-0.05, 0) is 37.1 Å². The summed E-state index contributed by atoms with van der Waals surface area (Å²) in [7, 11) is -2.72. The van der Waals surface area contributed by atoms with Crippen molar-refractivity contribution in [2.45, 2.75) is 31.1 Å². The van der Waals surface area contributed by atoms with Crippen LogP contribution in [0.3, 0.4) is 0 Å². The van der Waals surface area contributed by atoms with Gasteiger partial charge in [-0.3, -0.25) is 4.79 Å². The van der Waals surface area contributed by atoms with Gasteiger partial charge in [0.05, 0.1) is 12.0 Å². The van der Waals surface area contributed by atoms with E-state index in [1.807, 2.05) is 6.92 Å². The van der Waals surface area contributed by atoms with E-state index in [4.69, 9.17) is 5.84 Å². The third-order valence-electron chi connectivity index (χ3n) is 4.03. The van der Waals surface area contributed by atoms with Crippen molar-refractivity contribution in [2.24, 2.45) is 10.9 Å². The number of hydrazone groups is 1. The van der Waals surface area contributed by atoms with Crippen molar-refractivity contribution in [3.05, 3.63) is 53.8 Å². The molecule has 27 heavy (non-hydrogen) atoms. The molecule has 8 heteroatoms. The van der Waals surface area contributed by atoms with Crippen molar-refractivity contribution in [3.63, 3.8) is 0 Å². The van der Waals surface area contributed by atoms with Gasteiger partial charge in [0.25, 0.3) is 0 Å². The molecule has 0 saturated carbocycles. The zero-order chi connectivity index (χ0) is 20.0. The summed E-state index contributed by atoms with van der Waals surface area (Å²) in [5.41, 5.74) is 1.85. The van der Waals surface area contributed by atoms with Crippen molar-refractivity contribution in [1.82, 2.24) is 0 Å². The Hall–Kier alpha value is -2.74. The summed E-state index contributed by atoms with van der Waals surface area (Å²) in [6, 6.07) is 10.4. The molecular weight excluding hydrogens is 371 g/mol. The summed E-state index contributed by atoms with van der Waals surface area (Å²) < 4.78 is 43.9. The van der Waals surface area contributed by atoms with E-state index in [1.54, 1.807) is 12.1 Å². The van der Waals surface area contributed by atoms with Gasteiger partial charge in [0.2, 0.25) is 9.84 Å². The average molecular weight is 392 g/mol. The number of esters is 1. The molecule has 0 amide bonds. The van der Waals surface area contributed by atoms with Gasteiger partial charge in [-0.1, -0.05) is 29.8 Å². The molecule has 2 aromatic carbocycles.